The molecule has 1 amide bonds. The van der Waals surface area contributed by atoms with Gasteiger partial charge in [0.1, 0.15) is 0 Å². The number of sulfonamides is 1. The maximum atomic E-state index is 11.5. The highest BCUT2D eigenvalue weighted by Gasteiger charge is 2.16. The van der Waals surface area contributed by atoms with Crippen LogP contribution in [0, 0.1) is 0 Å². The van der Waals surface area contributed by atoms with Crippen molar-refractivity contribution in [1.82, 2.24) is 24.8 Å². The van der Waals surface area contributed by atoms with E-state index < -0.39 is 10.0 Å². The van der Waals surface area contributed by atoms with Gasteiger partial charge >= 0.3 is 0 Å². The number of nitrogens with two attached hydrogens (primary N) is 1. The minimum Gasteiger partial charge on any atom is -0.343 e. The Kier molecular flexibility index (Phi) is 6.59. The average Bonchev–Trinajstić information content (AvgIpc) is 2.89. The summed E-state index contributed by atoms with van der Waals surface area (Å²) in [6.45, 7) is 3.89. The van der Waals surface area contributed by atoms with Gasteiger partial charge in [-0.1, -0.05) is 18.2 Å². The Labute approximate surface area is 208 Å². The number of nitrogens with zero attached hydrogens (tertiary/aromatic N) is 5. The molecule has 3 heterocycles. The summed E-state index contributed by atoms with van der Waals surface area (Å²) in [5, 5.41) is 9.18. The number of aromatic nitrogens is 3. The SMILES string of the molecule is NS(=O)(=O)c1ccc(Nc2ncc3cccc(-c4cncc(CN5CCN(C=O)CC5)c4)c3n2)cc1. The molecule has 0 bridgehead atoms. The third-order valence-corrected chi connectivity index (χ3v) is 7.05. The van der Waals surface area contributed by atoms with Crippen LogP contribution in [-0.4, -0.2) is 65.8 Å². The first-order valence-electron chi connectivity index (χ1n) is 11.4. The van der Waals surface area contributed by atoms with Crippen molar-refractivity contribution in [2.24, 2.45) is 5.14 Å². The van der Waals surface area contributed by atoms with Crippen LogP contribution in [0.5, 0.6) is 0 Å². The summed E-state index contributed by atoms with van der Waals surface area (Å²) in [4.78, 5) is 28.7. The molecular formula is C25H25N7O3S. The fraction of sp³-hybridized carbons (Fsp3) is 0.200. The highest BCUT2D eigenvalue weighted by molar-refractivity contribution is 7.89. The van der Waals surface area contributed by atoms with Gasteiger partial charge in [-0.25, -0.2) is 23.5 Å². The smallest absolute Gasteiger partial charge is 0.238 e. The van der Waals surface area contributed by atoms with Gasteiger partial charge in [0.15, 0.2) is 0 Å². The first-order valence-corrected chi connectivity index (χ1v) is 13.0. The van der Waals surface area contributed by atoms with E-state index in [1.807, 2.05) is 30.6 Å². The molecular weight excluding hydrogens is 478 g/mol. The molecule has 0 spiro atoms. The lowest BCUT2D eigenvalue weighted by Gasteiger charge is -2.32. The lowest BCUT2D eigenvalue weighted by atomic mass is 10.0. The van der Waals surface area contributed by atoms with Crippen molar-refractivity contribution in [1.29, 1.82) is 0 Å². The number of carbonyl (C=O) groups excluding carboxylic acids is 1. The summed E-state index contributed by atoms with van der Waals surface area (Å²) >= 11 is 0. The molecule has 0 radical (unpaired) electrons. The van der Waals surface area contributed by atoms with Gasteiger partial charge < -0.3 is 10.2 Å². The largest absolute Gasteiger partial charge is 0.343 e. The standard InChI is InChI=1S/C25H25N7O3S/c26-36(34,35)22-6-4-21(5-7-22)29-25-28-15-19-2-1-3-23(24(19)30-25)20-12-18(13-27-14-20)16-31-8-10-32(17-33)11-9-31/h1-7,12-15,17H,8-11,16H2,(H2,26,34,35)(H,28,29,30). The second-order valence-electron chi connectivity index (χ2n) is 8.63. The number of piperazine rings is 1. The number of anilines is 2. The Morgan fingerprint density at radius 2 is 1.78 bits per heavy atom. The number of nitrogens with one attached hydrogen (secondary N) is 1. The zero-order valence-corrected chi connectivity index (χ0v) is 20.2. The molecule has 0 unspecified atom stereocenters. The van der Waals surface area contributed by atoms with E-state index in [-0.39, 0.29) is 4.90 Å². The van der Waals surface area contributed by atoms with Crippen LogP contribution in [0.25, 0.3) is 22.0 Å². The van der Waals surface area contributed by atoms with E-state index in [0.717, 1.165) is 66.7 Å². The van der Waals surface area contributed by atoms with E-state index in [0.29, 0.717) is 11.6 Å². The molecule has 1 aliphatic rings. The summed E-state index contributed by atoms with van der Waals surface area (Å²) in [5.41, 5.74) is 4.38. The lowest BCUT2D eigenvalue weighted by molar-refractivity contribution is -0.119. The van der Waals surface area contributed by atoms with E-state index in [9.17, 15) is 13.2 Å². The van der Waals surface area contributed by atoms with Crippen LogP contribution in [-0.2, 0) is 21.4 Å². The molecule has 11 heteroatoms. The van der Waals surface area contributed by atoms with Gasteiger partial charge in [0.25, 0.3) is 0 Å². The van der Waals surface area contributed by atoms with Crippen LogP contribution in [0.3, 0.4) is 0 Å². The Hall–Kier alpha value is -3.93. The molecule has 2 aromatic carbocycles. The minimum absolute atomic E-state index is 0.0350. The predicted octanol–water partition coefficient (Wildman–Crippen LogP) is 2.36. The molecule has 0 atom stereocenters. The third kappa shape index (κ3) is 5.33. The van der Waals surface area contributed by atoms with Crippen LogP contribution >= 0.6 is 0 Å². The Morgan fingerprint density at radius 3 is 2.50 bits per heavy atom. The van der Waals surface area contributed by atoms with Crippen molar-refractivity contribution in [3.8, 4) is 11.1 Å². The van der Waals surface area contributed by atoms with Gasteiger partial charge in [0.2, 0.25) is 22.4 Å². The van der Waals surface area contributed by atoms with Crippen molar-refractivity contribution >= 4 is 39.0 Å². The molecule has 184 valence electrons. The molecule has 2 aromatic heterocycles. The number of pyridine rings is 1. The zero-order chi connectivity index (χ0) is 25.1. The first kappa shape index (κ1) is 23.8. The van der Waals surface area contributed by atoms with Gasteiger partial charge in [0.05, 0.1) is 10.4 Å². The maximum absolute atomic E-state index is 11.5. The number of carbonyl (C=O) groups is 1. The summed E-state index contributed by atoms with van der Waals surface area (Å²) in [6.07, 6.45) is 6.35. The summed E-state index contributed by atoms with van der Waals surface area (Å²) in [7, 11) is -3.76. The highest BCUT2D eigenvalue weighted by atomic mass is 32.2. The van der Waals surface area contributed by atoms with Crippen LogP contribution in [0.4, 0.5) is 11.6 Å². The van der Waals surface area contributed by atoms with Gasteiger partial charge in [-0.3, -0.25) is 14.7 Å². The Balaban J connectivity index is 1.40. The third-order valence-electron chi connectivity index (χ3n) is 6.12. The molecule has 1 aliphatic heterocycles. The van der Waals surface area contributed by atoms with Crippen molar-refractivity contribution in [2.75, 3.05) is 31.5 Å². The fourth-order valence-corrected chi connectivity index (χ4v) is 4.73. The predicted molar refractivity (Wildman–Crippen MR) is 137 cm³/mol. The van der Waals surface area contributed by atoms with Gasteiger partial charge in [-0.05, 0) is 35.9 Å². The molecule has 0 aliphatic carbocycles. The second kappa shape index (κ2) is 9.97. The van der Waals surface area contributed by atoms with Crippen molar-refractivity contribution < 1.29 is 13.2 Å². The summed E-state index contributed by atoms with van der Waals surface area (Å²) < 4.78 is 23.0. The number of hydrogen-bond donors (Lipinski definition) is 2. The van der Waals surface area contributed by atoms with Crippen molar-refractivity contribution in [3.05, 3.63) is 72.7 Å². The van der Waals surface area contributed by atoms with Crippen LogP contribution in [0.15, 0.2) is 72.0 Å². The van der Waals surface area contributed by atoms with E-state index in [1.165, 1.54) is 12.1 Å². The summed E-state index contributed by atoms with van der Waals surface area (Å²) in [5.74, 6) is 0.385. The zero-order valence-electron chi connectivity index (χ0n) is 19.4. The second-order valence-corrected chi connectivity index (χ2v) is 10.2. The first-order chi connectivity index (χ1) is 17.4. The Bertz CT molecular complexity index is 1500. The Morgan fingerprint density at radius 1 is 1.00 bits per heavy atom. The monoisotopic (exact) mass is 503 g/mol. The summed E-state index contributed by atoms with van der Waals surface area (Å²) in [6, 6.07) is 14.1. The minimum atomic E-state index is -3.76. The van der Waals surface area contributed by atoms with E-state index in [2.05, 4.69) is 26.3 Å². The van der Waals surface area contributed by atoms with Crippen LogP contribution in [0.1, 0.15) is 5.56 Å². The van der Waals surface area contributed by atoms with Gasteiger partial charge in [-0.15, -0.1) is 0 Å². The molecule has 1 saturated heterocycles. The molecule has 4 aromatic rings. The van der Waals surface area contributed by atoms with Crippen LogP contribution < -0.4 is 10.5 Å². The maximum Gasteiger partial charge on any atom is 0.238 e. The normalized spacial score (nSPS) is 14.6. The van der Waals surface area contributed by atoms with Gasteiger partial charge in [-0.2, -0.15) is 0 Å². The molecule has 10 nitrogen and oxygen atoms in total. The highest BCUT2D eigenvalue weighted by Crippen LogP contribution is 2.28. The van der Waals surface area contributed by atoms with Gasteiger partial charge in [0, 0.05) is 73.5 Å². The number of benzene rings is 2. The molecule has 0 saturated carbocycles. The topological polar surface area (TPSA) is 134 Å². The molecule has 5 rings (SSSR count). The fourth-order valence-electron chi connectivity index (χ4n) is 4.21. The van der Waals surface area contributed by atoms with Crippen molar-refractivity contribution in [2.45, 2.75) is 11.4 Å². The van der Waals surface area contributed by atoms with E-state index >= 15 is 0 Å². The number of rotatable bonds is 7. The van der Waals surface area contributed by atoms with E-state index in [1.54, 1.807) is 23.2 Å². The molecule has 36 heavy (non-hydrogen) atoms. The lowest BCUT2D eigenvalue weighted by Crippen LogP contribution is -2.45. The number of primary sulfonamides is 1. The number of para-hydroxylation sites is 1. The number of fused-ring (bicyclic) bond motifs is 1. The van der Waals surface area contributed by atoms with Crippen molar-refractivity contribution in [3.63, 3.8) is 0 Å². The van der Waals surface area contributed by atoms with Crippen LogP contribution in [0.2, 0.25) is 0 Å². The average molecular weight is 504 g/mol. The molecule has 1 fully saturated rings. The number of amides is 1. The quantitative estimate of drug-likeness (QED) is 0.367. The van der Waals surface area contributed by atoms with E-state index in [4.69, 9.17) is 10.1 Å². The molecule has 3 N–H and O–H groups in total. The number of hydrogen-bond acceptors (Lipinski definition) is 8.